The van der Waals surface area contributed by atoms with Crippen LogP contribution in [0.3, 0.4) is 0 Å². The van der Waals surface area contributed by atoms with Gasteiger partial charge >= 0.3 is 0 Å². The molecule has 0 bridgehead atoms. The van der Waals surface area contributed by atoms with Crippen molar-refractivity contribution in [2.24, 2.45) is 0 Å². The van der Waals surface area contributed by atoms with E-state index < -0.39 is 6.10 Å². The molecule has 2 aromatic carbocycles. The molecule has 6 heteroatoms. The van der Waals surface area contributed by atoms with Crippen molar-refractivity contribution in [3.8, 4) is 17.2 Å². The van der Waals surface area contributed by atoms with Gasteiger partial charge in [0, 0.05) is 24.1 Å². The van der Waals surface area contributed by atoms with E-state index in [0.29, 0.717) is 6.54 Å². The highest BCUT2D eigenvalue weighted by molar-refractivity contribution is 9.10. The number of benzene rings is 2. The van der Waals surface area contributed by atoms with Gasteiger partial charge in [-0.25, -0.2) is 0 Å². The number of β-amino-alcohol motifs (C(OH)–C–C–N with tert-alkyl or cyclic N) is 1. The van der Waals surface area contributed by atoms with Crippen molar-refractivity contribution in [2.75, 3.05) is 33.9 Å². The fourth-order valence-corrected chi connectivity index (χ4v) is 3.58. The summed E-state index contributed by atoms with van der Waals surface area (Å²) in [6.45, 7) is 2.52. The van der Waals surface area contributed by atoms with E-state index in [1.807, 2.05) is 30.3 Å². The molecule has 1 aliphatic heterocycles. The monoisotopic (exact) mass is 421 g/mol. The first-order valence-corrected chi connectivity index (χ1v) is 9.41. The number of fused-ring (bicyclic) bond motifs is 1. The number of ether oxygens (including phenoxy) is 3. The molecule has 3 rings (SSSR count). The molecule has 0 radical (unpaired) electrons. The SMILES string of the molecule is COc1cc2c(cc1OC)CN(C[C@H](O)COc1cccc(Br)c1)CC2. The minimum atomic E-state index is -0.546. The molecule has 1 N–H and O–H groups in total. The van der Waals surface area contributed by atoms with Crippen molar-refractivity contribution in [1.29, 1.82) is 0 Å². The van der Waals surface area contributed by atoms with Crippen LogP contribution in [0.25, 0.3) is 0 Å². The van der Waals surface area contributed by atoms with Crippen LogP contribution in [0.15, 0.2) is 40.9 Å². The summed E-state index contributed by atoms with van der Waals surface area (Å²) < 4.78 is 17.4. The number of rotatable bonds is 7. The van der Waals surface area contributed by atoms with E-state index in [2.05, 4.69) is 26.9 Å². The van der Waals surface area contributed by atoms with Gasteiger partial charge in [0.15, 0.2) is 11.5 Å². The molecule has 1 aliphatic rings. The van der Waals surface area contributed by atoms with E-state index in [1.54, 1.807) is 14.2 Å². The fraction of sp³-hybridized carbons (Fsp3) is 0.400. The van der Waals surface area contributed by atoms with Gasteiger partial charge in [0.25, 0.3) is 0 Å². The van der Waals surface area contributed by atoms with E-state index in [9.17, 15) is 5.11 Å². The third-order valence-corrected chi connectivity index (χ3v) is 5.00. The molecule has 0 saturated carbocycles. The molecule has 140 valence electrons. The lowest BCUT2D eigenvalue weighted by atomic mass is 9.98. The van der Waals surface area contributed by atoms with E-state index in [4.69, 9.17) is 14.2 Å². The van der Waals surface area contributed by atoms with E-state index in [0.717, 1.165) is 41.2 Å². The molecule has 0 fully saturated rings. The van der Waals surface area contributed by atoms with Crippen LogP contribution in [0.2, 0.25) is 0 Å². The Labute approximate surface area is 162 Å². The average molecular weight is 422 g/mol. The molecule has 0 spiro atoms. The molecule has 0 aliphatic carbocycles. The number of aliphatic hydroxyl groups excluding tert-OH is 1. The second kappa shape index (κ2) is 8.75. The first kappa shape index (κ1) is 19.0. The first-order valence-electron chi connectivity index (χ1n) is 8.61. The lowest BCUT2D eigenvalue weighted by molar-refractivity contribution is 0.0637. The van der Waals surface area contributed by atoms with Gasteiger partial charge in [-0.2, -0.15) is 0 Å². The fourth-order valence-electron chi connectivity index (χ4n) is 3.20. The summed E-state index contributed by atoms with van der Waals surface area (Å²) >= 11 is 3.42. The quantitative estimate of drug-likeness (QED) is 0.743. The number of halogens is 1. The van der Waals surface area contributed by atoms with E-state index >= 15 is 0 Å². The van der Waals surface area contributed by atoms with Gasteiger partial charge in [-0.1, -0.05) is 22.0 Å². The van der Waals surface area contributed by atoms with Crippen molar-refractivity contribution in [3.63, 3.8) is 0 Å². The number of nitrogens with zero attached hydrogens (tertiary/aromatic N) is 1. The Bertz CT molecular complexity index is 753. The highest BCUT2D eigenvalue weighted by atomic mass is 79.9. The van der Waals surface area contributed by atoms with E-state index in [-0.39, 0.29) is 6.61 Å². The Hall–Kier alpha value is -1.76. The summed E-state index contributed by atoms with van der Waals surface area (Å²) in [4.78, 5) is 2.24. The lowest BCUT2D eigenvalue weighted by Crippen LogP contribution is -2.38. The van der Waals surface area contributed by atoms with Gasteiger partial charge in [0.1, 0.15) is 18.5 Å². The van der Waals surface area contributed by atoms with E-state index in [1.165, 1.54) is 11.1 Å². The van der Waals surface area contributed by atoms with Crippen LogP contribution in [0.4, 0.5) is 0 Å². The van der Waals surface area contributed by atoms with Crippen molar-refractivity contribution in [2.45, 2.75) is 19.1 Å². The van der Waals surface area contributed by atoms with Gasteiger partial charge in [-0.15, -0.1) is 0 Å². The molecule has 26 heavy (non-hydrogen) atoms. The zero-order valence-corrected chi connectivity index (χ0v) is 16.7. The number of hydrogen-bond acceptors (Lipinski definition) is 5. The maximum Gasteiger partial charge on any atom is 0.161 e. The van der Waals surface area contributed by atoms with Gasteiger partial charge in [-0.3, -0.25) is 4.90 Å². The van der Waals surface area contributed by atoms with Crippen molar-refractivity contribution < 1.29 is 19.3 Å². The van der Waals surface area contributed by atoms with Crippen molar-refractivity contribution in [1.82, 2.24) is 4.90 Å². The summed E-state index contributed by atoms with van der Waals surface area (Å²) in [6.07, 6.45) is 0.380. The molecule has 0 amide bonds. The second-order valence-electron chi connectivity index (χ2n) is 6.38. The van der Waals surface area contributed by atoms with Gasteiger partial charge < -0.3 is 19.3 Å². The van der Waals surface area contributed by atoms with Crippen LogP contribution >= 0.6 is 15.9 Å². The van der Waals surface area contributed by atoms with Gasteiger partial charge in [-0.05, 0) is 47.9 Å². The summed E-state index contributed by atoms with van der Waals surface area (Å²) in [6, 6.07) is 11.7. The smallest absolute Gasteiger partial charge is 0.161 e. The Kier molecular flexibility index (Phi) is 6.40. The Morgan fingerprint density at radius 2 is 1.85 bits per heavy atom. The highest BCUT2D eigenvalue weighted by Gasteiger charge is 2.21. The van der Waals surface area contributed by atoms with Crippen LogP contribution in [0.1, 0.15) is 11.1 Å². The van der Waals surface area contributed by atoms with Gasteiger partial charge in [0.2, 0.25) is 0 Å². The van der Waals surface area contributed by atoms with Crippen LogP contribution < -0.4 is 14.2 Å². The summed E-state index contributed by atoms with van der Waals surface area (Å²) in [7, 11) is 3.30. The average Bonchev–Trinajstić information content (AvgIpc) is 2.65. The molecule has 0 aromatic heterocycles. The summed E-state index contributed by atoms with van der Waals surface area (Å²) in [5.74, 6) is 2.26. The van der Waals surface area contributed by atoms with Crippen molar-refractivity contribution >= 4 is 15.9 Å². The minimum Gasteiger partial charge on any atom is -0.493 e. The highest BCUT2D eigenvalue weighted by Crippen LogP contribution is 2.33. The van der Waals surface area contributed by atoms with Crippen LogP contribution in [-0.4, -0.2) is 50.0 Å². The molecular formula is C20H24BrNO4. The summed E-state index contributed by atoms with van der Waals surface area (Å²) in [5, 5.41) is 10.3. The Morgan fingerprint density at radius 3 is 2.54 bits per heavy atom. The van der Waals surface area contributed by atoms with Gasteiger partial charge in [0.05, 0.1) is 14.2 Å². The molecule has 1 atom stereocenters. The third-order valence-electron chi connectivity index (χ3n) is 4.50. The normalized spacial score (nSPS) is 15.2. The standard InChI is InChI=1S/C20H24BrNO4/c1-24-19-8-14-6-7-22(11-15(14)9-20(19)25-2)12-17(23)13-26-18-5-3-4-16(21)10-18/h3-5,8-10,17,23H,6-7,11-13H2,1-2H3/t17-/m0/s1. The van der Waals surface area contributed by atoms with Crippen LogP contribution in [0.5, 0.6) is 17.2 Å². The maximum absolute atomic E-state index is 10.3. The number of methoxy groups -OCH3 is 2. The molecule has 2 aromatic rings. The molecule has 0 saturated heterocycles. The number of aliphatic hydroxyl groups is 1. The summed E-state index contributed by atoms with van der Waals surface area (Å²) in [5.41, 5.74) is 2.49. The molecule has 5 nitrogen and oxygen atoms in total. The maximum atomic E-state index is 10.3. The zero-order chi connectivity index (χ0) is 18.5. The predicted molar refractivity (Wildman–Crippen MR) is 104 cm³/mol. The zero-order valence-electron chi connectivity index (χ0n) is 15.1. The topological polar surface area (TPSA) is 51.2 Å². The minimum absolute atomic E-state index is 0.270. The third kappa shape index (κ3) is 4.69. The largest absolute Gasteiger partial charge is 0.493 e. The van der Waals surface area contributed by atoms with Crippen LogP contribution in [-0.2, 0) is 13.0 Å². The molecule has 0 unspecified atom stereocenters. The Balaban J connectivity index is 1.56. The number of hydrogen-bond donors (Lipinski definition) is 1. The molecular weight excluding hydrogens is 398 g/mol. The first-order chi connectivity index (χ1) is 12.6. The predicted octanol–water partition coefficient (Wildman–Crippen LogP) is 3.26. The van der Waals surface area contributed by atoms with Crippen LogP contribution in [0, 0.1) is 0 Å². The molecule has 1 heterocycles. The van der Waals surface area contributed by atoms with Crippen molar-refractivity contribution in [3.05, 3.63) is 52.0 Å². The lowest BCUT2D eigenvalue weighted by Gasteiger charge is -2.31. The second-order valence-corrected chi connectivity index (χ2v) is 7.30. The Morgan fingerprint density at radius 1 is 1.12 bits per heavy atom.